The van der Waals surface area contributed by atoms with E-state index in [0.717, 1.165) is 5.56 Å². The van der Waals surface area contributed by atoms with Crippen molar-refractivity contribution in [2.24, 2.45) is 0 Å². The van der Waals surface area contributed by atoms with E-state index in [4.69, 9.17) is 4.42 Å². The molecule has 31 heavy (non-hydrogen) atoms. The van der Waals surface area contributed by atoms with E-state index in [-0.39, 0.29) is 35.8 Å². The van der Waals surface area contributed by atoms with Crippen LogP contribution in [0.1, 0.15) is 34.6 Å². The van der Waals surface area contributed by atoms with Gasteiger partial charge in [0.25, 0.3) is 5.91 Å². The number of carbonyl (C=O) groups excluding carboxylic acids is 2. The molecule has 0 aliphatic rings. The Morgan fingerprint density at radius 3 is 2.48 bits per heavy atom. The molecule has 2 aromatic carbocycles. The summed E-state index contributed by atoms with van der Waals surface area (Å²) in [5.74, 6) is -0.409. The van der Waals surface area contributed by atoms with Gasteiger partial charge < -0.3 is 19.8 Å². The van der Waals surface area contributed by atoms with E-state index in [1.165, 1.54) is 12.1 Å². The molecular weight excluding hydrogens is 474 g/mol. The third-order valence-corrected chi connectivity index (χ3v) is 4.76. The van der Waals surface area contributed by atoms with Gasteiger partial charge in [0.1, 0.15) is 5.75 Å². The van der Waals surface area contributed by atoms with Gasteiger partial charge in [0.2, 0.25) is 5.91 Å². The van der Waals surface area contributed by atoms with Crippen molar-refractivity contribution in [3.8, 4) is 5.75 Å². The highest BCUT2D eigenvalue weighted by Gasteiger charge is 2.13. The number of hydrogen-bond acceptors (Lipinski definition) is 4. The zero-order chi connectivity index (χ0) is 22.4. The second kappa shape index (κ2) is 10.2. The fourth-order valence-electron chi connectivity index (χ4n) is 2.86. The number of benzene rings is 2. The van der Waals surface area contributed by atoms with Gasteiger partial charge in [0.15, 0.2) is 10.4 Å². The Bertz CT molecular complexity index is 1050. The number of hydrogen-bond donors (Lipinski definition) is 2. The van der Waals surface area contributed by atoms with Crippen LogP contribution in [0.15, 0.2) is 69.8 Å². The van der Waals surface area contributed by atoms with Crippen molar-refractivity contribution in [1.82, 2.24) is 5.32 Å². The summed E-state index contributed by atoms with van der Waals surface area (Å²) in [4.78, 5) is 24.4. The fraction of sp³-hybridized carbons (Fsp3) is 0.182. The van der Waals surface area contributed by atoms with Crippen LogP contribution in [-0.2, 0) is 11.2 Å². The maximum absolute atomic E-state index is 12.4. The Morgan fingerprint density at radius 2 is 1.84 bits per heavy atom. The van der Waals surface area contributed by atoms with Gasteiger partial charge in [-0.2, -0.15) is 8.78 Å². The second-order valence-electron chi connectivity index (χ2n) is 6.67. The Hall–Kier alpha value is -3.20. The lowest BCUT2D eigenvalue weighted by Crippen LogP contribution is -2.28. The molecule has 1 aromatic heterocycles. The average Bonchev–Trinajstić information content (AvgIpc) is 3.15. The van der Waals surface area contributed by atoms with Gasteiger partial charge in [-0.1, -0.05) is 24.3 Å². The summed E-state index contributed by atoms with van der Waals surface area (Å²) in [6.45, 7) is -1.15. The molecule has 6 nitrogen and oxygen atoms in total. The van der Waals surface area contributed by atoms with Crippen LogP contribution in [0.5, 0.6) is 5.75 Å². The smallest absolute Gasteiger partial charge is 0.387 e. The lowest BCUT2D eigenvalue weighted by Gasteiger charge is -2.16. The molecule has 0 aliphatic carbocycles. The minimum Gasteiger partial charge on any atom is -0.444 e. The number of nitrogens with one attached hydrogen (secondary N) is 2. The van der Waals surface area contributed by atoms with E-state index < -0.39 is 6.61 Å². The van der Waals surface area contributed by atoms with Crippen LogP contribution >= 0.6 is 15.9 Å². The normalized spacial score (nSPS) is 11.8. The molecule has 0 radical (unpaired) electrons. The van der Waals surface area contributed by atoms with Crippen LogP contribution < -0.4 is 15.4 Å². The van der Waals surface area contributed by atoms with E-state index in [1.807, 2.05) is 0 Å². The molecular formula is C22H19BrF2N2O4. The molecule has 162 valence electrons. The third-order valence-electron chi connectivity index (χ3n) is 4.33. The number of halogens is 3. The van der Waals surface area contributed by atoms with Gasteiger partial charge in [-0.15, -0.1) is 0 Å². The third kappa shape index (κ3) is 6.65. The molecule has 0 fully saturated rings. The van der Waals surface area contributed by atoms with Crippen LogP contribution in [0.3, 0.4) is 0 Å². The predicted octanol–water partition coefficient (Wildman–Crippen LogP) is 5.32. The zero-order valence-electron chi connectivity index (χ0n) is 16.4. The number of rotatable bonds is 8. The largest absolute Gasteiger partial charge is 0.444 e. The van der Waals surface area contributed by atoms with Crippen molar-refractivity contribution in [3.05, 3.63) is 82.2 Å². The van der Waals surface area contributed by atoms with Gasteiger partial charge in [0.05, 0.1) is 12.5 Å². The lowest BCUT2D eigenvalue weighted by molar-refractivity contribution is -0.121. The molecule has 1 unspecified atom stereocenters. The Labute approximate surface area is 185 Å². The van der Waals surface area contributed by atoms with E-state index in [0.29, 0.717) is 15.9 Å². The molecule has 3 aromatic rings. The van der Waals surface area contributed by atoms with Crippen molar-refractivity contribution in [2.45, 2.75) is 26.0 Å². The average molecular weight is 493 g/mol. The number of alkyl halides is 2. The minimum absolute atomic E-state index is 0.0353. The van der Waals surface area contributed by atoms with Gasteiger partial charge in [-0.05, 0) is 70.4 Å². The van der Waals surface area contributed by atoms with E-state index in [2.05, 4.69) is 31.3 Å². The summed E-state index contributed by atoms with van der Waals surface area (Å²) in [6, 6.07) is 15.8. The molecule has 1 heterocycles. The second-order valence-corrected chi connectivity index (χ2v) is 7.45. The maximum Gasteiger partial charge on any atom is 0.387 e. The summed E-state index contributed by atoms with van der Waals surface area (Å²) >= 11 is 3.14. The van der Waals surface area contributed by atoms with Crippen LogP contribution in [0.2, 0.25) is 0 Å². The fourth-order valence-corrected chi connectivity index (χ4v) is 3.16. The van der Waals surface area contributed by atoms with Gasteiger partial charge in [-0.25, -0.2) is 0 Å². The van der Waals surface area contributed by atoms with Gasteiger partial charge >= 0.3 is 6.61 Å². The standard InChI is InChI=1S/C22H19BrF2N2O4/c1-13(15-3-2-4-17(12-15)30-22(24)25)26-20(28)11-14-5-7-16(8-6-14)27-21(29)18-9-10-19(23)31-18/h2-10,12-13,22H,11H2,1H3,(H,26,28)(H,27,29). The van der Waals surface area contributed by atoms with Crippen LogP contribution in [0.25, 0.3) is 0 Å². The molecule has 0 aliphatic heterocycles. The highest BCUT2D eigenvalue weighted by atomic mass is 79.9. The first-order chi connectivity index (χ1) is 14.8. The number of carbonyl (C=O) groups is 2. The molecule has 2 N–H and O–H groups in total. The Kier molecular flexibility index (Phi) is 7.41. The first-order valence-electron chi connectivity index (χ1n) is 9.30. The molecule has 9 heteroatoms. The van der Waals surface area contributed by atoms with Gasteiger partial charge in [0, 0.05) is 5.69 Å². The number of anilines is 1. The van der Waals surface area contributed by atoms with Crippen LogP contribution in [-0.4, -0.2) is 18.4 Å². The van der Waals surface area contributed by atoms with Crippen molar-refractivity contribution in [3.63, 3.8) is 0 Å². The summed E-state index contributed by atoms with van der Waals surface area (Å²) in [6.07, 6.45) is 0.122. The topological polar surface area (TPSA) is 80.6 Å². The summed E-state index contributed by atoms with van der Waals surface area (Å²) in [5, 5.41) is 5.53. The number of amides is 2. The maximum atomic E-state index is 12.4. The Balaban J connectivity index is 1.54. The first-order valence-corrected chi connectivity index (χ1v) is 10.1. The molecule has 1 atom stereocenters. The van der Waals surface area contributed by atoms with Crippen molar-refractivity contribution >= 4 is 33.4 Å². The minimum atomic E-state index is -2.91. The van der Waals surface area contributed by atoms with E-state index >= 15 is 0 Å². The van der Waals surface area contributed by atoms with E-state index in [1.54, 1.807) is 55.5 Å². The summed E-state index contributed by atoms with van der Waals surface area (Å²) < 4.78 is 34.8. The molecule has 0 spiro atoms. The quantitative estimate of drug-likeness (QED) is 0.446. The summed E-state index contributed by atoms with van der Waals surface area (Å²) in [7, 11) is 0. The van der Waals surface area contributed by atoms with Gasteiger partial charge in [-0.3, -0.25) is 9.59 Å². The number of ether oxygens (including phenoxy) is 1. The van der Waals surface area contributed by atoms with Crippen molar-refractivity contribution in [2.75, 3.05) is 5.32 Å². The monoisotopic (exact) mass is 492 g/mol. The summed E-state index contributed by atoms with van der Waals surface area (Å²) in [5.41, 5.74) is 1.96. The predicted molar refractivity (Wildman–Crippen MR) is 114 cm³/mol. The molecule has 0 bridgehead atoms. The molecule has 0 saturated carbocycles. The van der Waals surface area contributed by atoms with Crippen molar-refractivity contribution < 1.29 is 27.5 Å². The molecule has 0 saturated heterocycles. The first kappa shape index (κ1) is 22.5. The zero-order valence-corrected chi connectivity index (χ0v) is 18.0. The SMILES string of the molecule is CC(NC(=O)Cc1ccc(NC(=O)c2ccc(Br)o2)cc1)c1cccc(OC(F)F)c1. The Morgan fingerprint density at radius 1 is 1.10 bits per heavy atom. The van der Waals surface area contributed by atoms with E-state index in [9.17, 15) is 18.4 Å². The highest BCUT2D eigenvalue weighted by Crippen LogP contribution is 2.21. The number of furan rings is 1. The highest BCUT2D eigenvalue weighted by molar-refractivity contribution is 9.10. The van der Waals surface area contributed by atoms with Crippen molar-refractivity contribution in [1.29, 1.82) is 0 Å². The molecule has 2 amide bonds. The lowest BCUT2D eigenvalue weighted by atomic mass is 10.1. The van der Waals surface area contributed by atoms with Crippen LogP contribution in [0, 0.1) is 0 Å². The molecule has 3 rings (SSSR count). The van der Waals surface area contributed by atoms with Crippen LogP contribution in [0.4, 0.5) is 14.5 Å².